The number of likely N-dealkylation sites (tertiary alicyclic amines) is 2. The Morgan fingerprint density at radius 3 is 2.07 bits per heavy atom. The Hall–Kier alpha value is -3.68. The number of hydrogen-bond donors (Lipinski definition) is 1. The third kappa shape index (κ3) is 8.53. The fourth-order valence-corrected chi connectivity index (χ4v) is 6.81. The van der Waals surface area contributed by atoms with Gasteiger partial charge in [-0.1, -0.05) is 54.1 Å². The number of nitrogens with zero attached hydrogens (tertiary/aromatic N) is 3. The van der Waals surface area contributed by atoms with Gasteiger partial charge >= 0.3 is 0 Å². The van der Waals surface area contributed by atoms with Crippen LogP contribution in [0.25, 0.3) is 11.1 Å². The van der Waals surface area contributed by atoms with E-state index < -0.39 is 5.91 Å². The Balaban J connectivity index is 1.11. The molecule has 45 heavy (non-hydrogen) atoms. The molecule has 2 aliphatic rings. The van der Waals surface area contributed by atoms with Gasteiger partial charge in [-0.2, -0.15) is 0 Å². The second-order valence-corrected chi connectivity index (χ2v) is 13.1. The van der Waals surface area contributed by atoms with Crippen molar-refractivity contribution in [2.24, 2.45) is 17.6 Å². The monoisotopic (exact) mass is 628 g/mol. The van der Waals surface area contributed by atoms with E-state index in [1.165, 1.54) is 18.4 Å². The molecule has 0 aromatic heterocycles. The lowest BCUT2D eigenvalue weighted by Crippen LogP contribution is -2.45. The summed E-state index contributed by atoms with van der Waals surface area (Å²) < 4.78 is 0. The molecule has 238 valence electrons. The number of nitrogens with two attached hydrogens (primary N) is 1. The molecule has 0 unspecified atom stereocenters. The maximum Gasteiger partial charge on any atom is 0.248 e. The molecule has 5 rings (SSSR count). The number of primary amides is 1. The summed E-state index contributed by atoms with van der Waals surface area (Å²) in [7, 11) is 0. The number of carbonyl (C=O) groups excluding carboxylic acids is 3. The van der Waals surface area contributed by atoms with Crippen molar-refractivity contribution in [1.29, 1.82) is 0 Å². The van der Waals surface area contributed by atoms with Crippen molar-refractivity contribution < 1.29 is 14.4 Å². The Labute approximate surface area is 272 Å². The number of halogens is 1. The molecule has 3 aromatic rings. The molecule has 2 fully saturated rings. The lowest BCUT2D eigenvalue weighted by atomic mass is 9.89. The second kappa shape index (κ2) is 15.1. The van der Waals surface area contributed by atoms with Crippen LogP contribution in [0.1, 0.15) is 60.5 Å². The minimum absolute atomic E-state index is 0.0760. The van der Waals surface area contributed by atoms with E-state index in [1.807, 2.05) is 47.1 Å². The summed E-state index contributed by atoms with van der Waals surface area (Å²) in [5, 5.41) is 0.673. The zero-order chi connectivity index (χ0) is 31.9. The van der Waals surface area contributed by atoms with Crippen LogP contribution in [0.3, 0.4) is 0 Å². The van der Waals surface area contributed by atoms with E-state index in [0.717, 1.165) is 54.9 Å². The molecule has 2 aliphatic heterocycles. The molecule has 0 aliphatic carbocycles. The van der Waals surface area contributed by atoms with Crippen LogP contribution in [0.2, 0.25) is 5.02 Å². The van der Waals surface area contributed by atoms with Crippen LogP contribution in [0.4, 0.5) is 5.69 Å². The SMILES string of the molecule is CC(=O)N1CCC(C(=O)N(CCCN2CCC(Cc3ccc(-c4ccc(C(N)=O)cc4)cc3)CC2)c2ccc(C)c(Cl)c2)CC1. The molecular weight excluding hydrogens is 584 g/mol. The van der Waals surface area contributed by atoms with E-state index in [1.54, 1.807) is 19.1 Å². The summed E-state index contributed by atoms with van der Waals surface area (Å²) in [4.78, 5) is 43.2. The van der Waals surface area contributed by atoms with E-state index in [-0.39, 0.29) is 17.7 Å². The Morgan fingerprint density at radius 1 is 0.867 bits per heavy atom. The highest BCUT2D eigenvalue weighted by atomic mass is 35.5. The summed E-state index contributed by atoms with van der Waals surface area (Å²) in [6.07, 6.45) is 5.72. The highest BCUT2D eigenvalue weighted by Crippen LogP contribution is 2.29. The first-order valence-electron chi connectivity index (χ1n) is 16.2. The molecule has 3 amide bonds. The van der Waals surface area contributed by atoms with Gasteiger partial charge in [0.15, 0.2) is 0 Å². The van der Waals surface area contributed by atoms with Gasteiger partial charge in [0, 0.05) is 48.7 Å². The van der Waals surface area contributed by atoms with Crippen molar-refractivity contribution in [1.82, 2.24) is 9.80 Å². The van der Waals surface area contributed by atoms with Gasteiger partial charge in [0.05, 0.1) is 0 Å². The quantitative estimate of drug-likeness (QED) is 0.283. The lowest BCUT2D eigenvalue weighted by molar-refractivity contribution is -0.133. The van der Waals surface area contributed by atoms with Crippen LogP contribution in [-0.4, -0.2) is 66.8 Å². The number of rotatable bonds is 10. The largest absolute Gasteiger partial charge is 0.366 e. The summed E-state index contributed by atoms with van der Waals surface area (Å²) in [6, 6.07) is 22.1. The molecule has 7 nitrogen and oxygen atoms in total. The third-order valence-electron chi connectivity index (χ3n) is 9.57. The highest BCUT2D eigenvalue weighted by Gasteiger charge is 2.30. The smallest absolute Gasteiger partial charge is 0.248 e. The molecule has 2 heterocycles. The minimum atomic E-state index is -0.411. The molecule has 0 radical (unpaired) electrons. The first kappa shape index (κ1) is 32.7. The van der Waals surface area contributed by atoms with E-state index in [9.17, 15) is 14.4 Å². The van der Waals surface area contributed by atoms with Gasteiger partial charge < -0.3 is 20.4 Å². The molecule has 2 N–H and O–H groups in total. The van der Waals surface area contributed by atoms with Crippen LogP contribution >= 0.6 is 11.6 Å². The van der Waals surface area contributed by atoms with Crippen molar-refractivity contribution in [3.63, 3.8) is 0 Å². The normalized spacial score (nSPS) is 16.5. The average molecular weight is 629 g/mol. The van der Waals surface area contributed by atoms with E-state index in [2.05, 4.69) is 29.2 Å². The van der Waals surface area contributed by atoms with E-state index in [4.69, 9.17) is 17.3 Å². The van der Waals surface area contributed by atoms with Crippen molar-refractivity contribution in [3.05, 3.63) is 88.4 Å². The fraction of sp³-hybridized carbons (Fsp3) is 0.432. The summed E-state index contributed by atoms with van der Waals surface area (Å²) in [5.74, 6) is 0.399. The predicted molar refractivity (Wildman–Crippen MR) is 181 cm³/mol. The molecule has 0 saturated carbocycles. The van der Waals surface area contributed by atoms with Gasteiger partial charge in [0.25, 0.3) is 0 Å². The molecule has 0 bridgehead atoms. The number of carbonyl (C=O) groups is 3. The summed E-state index contributed by atoms with van der Waals surface area (Å²) in [6.45, 7) is 8.61. The average Bonchev–Trinajstić information content (AvgIpc) is 3.05. The summed E-state index contributed by atoms with van der Waals surface area (Å²) in [5.41, 5.74) is 11.3. The molecule has 2 saturated heterocycles. The van der Waals surface area contributed by atoms with Crippen molar-refractivity contribution in [3.8, 4) is 11.1 Å². The third-order valence-corrected chi connectivity index (χ3v) is 9.97. The maximum absolute atomic E-state index is 13.8. The van der Waals surface area contributed by atoms with Gasteiger partial charge in [0.2, 0.25) is 17.7 Å². The number of amides is 3. The molecule has 0 spiro atoms. The molecule has 8 heteroatoms. The van der Waals surface area contributed by atoms with Crippen LogP contribution < -0.4 is 10.6 Å². The van der Waals surface area contributed by atoms with Gasteiger partial charge in [-0.25, -0.2) is 0 Å². The number of benzene rings is 3. The first-order chi connectivity index (χ1) is 21.7. The molecule has 3 aromatic carbocycles. The minimum Gasteiger partial charge on any atom is -0.366 e. The van der Waals surface area contributed by atoms with E-state index in [0.29, 0.717) is 49.0 Å². The van der Waals surface area contributed by atoms with Gasteiger partial charge in [-0.05, 0) is 118 Å². The zero-order valence-electron chi connectivity index (χ0n) is 26.5. The van der Waals surface area contributed by atoms with Crippen molar-refractivity contribution >= 4 is 35.0 Å². The number of anilines is 1. The summed E-state index contributed by atoms with van der Waals surface area (Å²) >= 11 is 6.48. The van der Waals surface area contributed by atoms with Crippen molar-refractivity contribution in [2.45, 2.75) is 52.4 Å². The van der Waals surface area contributed by atoms with E-state index >= 15 is 0 Å². The Kier molecular flexibility index (Phi) is 11.0. The van der Waals surface area contributed by atoms with Gasteiger partial charge in [-0.15, -0.1) is 0 Å². The highest BCUT2D eigenvalue weighted by molar-refractivity contribution is 6.31. The van der Waals surface area contributed by atoms with Gasteiger partial charge in [0.1, 0.15) is 0 Å². The maximum atomic E-state index is 13.8. The Morgan fingerprint density at radius 2 is 1.49 bits per heavy atom. The Bertz CT molecular complexity index is 1470. The van der Waals surface area contributed by atoms with Crippen LogP contribution in [0, 0.1) is 18.8 Å². The molecular formula is C37H45ClN4O3. The number of piperidine rings is 2. The lowest BCUT2D eigenvalue weighted by Gasteiger charge is -2.35. The standard InChI is InChI=1S/C37H45ClN4O3/c1-26-4-13-34(25-35(26)38)42(37(45)33-16-22-41(23-17-33)27(2)43)19-3-18-40-20-14-29(15-21-40)24-28-5-7-30(8-6-28)31-9-11-32(12-10-31)36(39)44/h4-13,25,29,33H,3,14-24H2,1-2H3,(H2,39,44). The van der Waals surface area contributed by atoms with Crippen molar-refractivity contribution in [2.75, 3.05) is 44.2 Å². The predicted octanol–water partition coefficient (Wildman–Crippen LogP) is 6.35. The van der Waals surface area contributed by atoms with Gasteiger partial charge in [-0.3, -0.25) is 14.4 Å². The number of hydrogen-bond acceptors (Lipinski definition) is 4. The van der Waals surface area contributed by atoms with Crippen LogP contribution in [-0.2, 0) is 16.0 Å². The fourth-order valence-electron chi connectivity index (χ4n) is 6.64. The topological polar surface area (TPSA) is 87.0 Å². The zero-order valence-corrected chi connectivity index (χ0v) is 27.3. The first-order valence-corrected chi connectivity index (χ1v) is 16.6. The van der Waals surface area contributed by atoms with Crippen LogP contribution in [0.5, 0.6) is 0 Å². The second-order valence-electron chi connectivity index (χ2n) is 12.7. The molecule has 0 atom stereocenters. The van der Waals surface area contributed by atoms with Crippen LogP contribution in [0.15, 0.2) is 66.7 Å². The number of aryl methyl sites for hydroxylation is 1.